The highest BCUT2D eigenvalue weighted by Gasteiger charge is 2.36. The molecule has 7 nitrogen and oxygen atoms in total. The van der Waals surface area contributed by atoms with E-state index in [1.54, 1.807) is 12.1 Å². The number of carbonyl (C=O) groups excluding carboxylic acids is 3. The zero-order chi connectivity index (χ0) is 24.5. The van der Waals surface area contributed by atoms with E-state index in [-0.39, 0.29) is 17.5 Å². The van der Waals surface area contributed by atoms with Gasteiger partial charge in [-0.1, -0.05) is 48.0 Å². The molecule has 0 bridgehead atoms. The van der Waals surface area contributed by atoms with Crippen molar-refractivity contribution in [1.82, 2.24) is 9.47 Å². The number of thioether (sulfide) groups is 1. The molecule has 4 aromatic rings. The maximum absolute atomic E-state index is 13.1. The van der Waals surface area contributed by atoms with Crippen LogP contribution in [0.15, 0.2) is 76.2 Å². The summed E-state index contributed by atoms with van der Waals surface area (Å²) >= 11 is 0.893. The Kier molecular flexibility index (Phi) is 6.05. The number of hydrogen-bond donors (Lipinski definition) is 0. The minimum atomic E-state index is -0.618. The molecule has 1 fully saturated rings. The molecule has 0 saturated carbocycles. The summed E-state index contributed by atoms with van der Waals surface area (Å²) in [4.78, 5) is 38.7. The van der Waals surface area contributed by atoms with Crippen molar-refractivity contribution in [2.45, 2.75) is 20.0 Å². The van der Waals surface area contributed by atoms with Gasteiger partial charge in [0.1, 0.15) is 5.76 Å². The molecular formula is C27H22N2O5S. The molecule has 176 valence electrons. The second kappa shape index (κ2) is 9.31. The van der Waals surface area contributed by atoms with Crippen molar-refractivity contribution in [3.05, 3.63) is 100.0 Å². The highest BCUT2D eigenvalue weighted by atomic mass is 32.2. The number of esters is 1. The number of aryl methyl sites for hydroxylation is 1. The fraction of sp³-hybridized carbons (Fsp3) is 0.148. The SMILES string of the molecule is COC(=O)c1ccc(CN2C(=O)S/C(=C/c3cn(Cc4ccc(C)cc4)c4ccccc34)C2=O)o1. The first-order valence-corrected chi connectivity index (χ1v) is 11.8. The van der Waals surface area contributed by atoms with Crippen LogP contribution in [-0.4, -0.2) is 33.7 Å². The molecule has 2 amide bonds. The number of imide groups is 1. The lowest BCUT2D eigenvalue weighted by molar-refractivity contribution is -0.123. The second-order valence-corrected chi connectivity index (χ2v) is 9.23. The number of aromatic nitrogens is 1. The maximum atomic E-state index is 13.1. The van der Waals surface area contributed by atoms with Gasteiger partial charge in [0.05, 0.1) is 18.6 Å². The Morgan fingerprint density at radius 1 is 1.03 bits per heavy atom. The summed E-state index contributed by atoms with van der Waals surface area (Å²) in [6.45, 7) is 2.69. The van der Waals surface area contributed by atoms with Gasteiger partial charge in [0.25, 0.3) is 11.1 Å². The number of ether oxygens (including phenoxy) is 1. The topological polar surface area (TPSA) is 81.8 Å². The number of carbonyl (C=O) groups is 3. The van der Waals surface area contributed by atoms with Gasteiger partial charge in [0, 0.05) is 29.2 Å². The van der Waals surface area contributed by atoms with E-state index in [1.807, 2.05) is 30.5 Å². The first kappa shape index (κ1) is 22.7. The third-order valence-corrected chi connectivity index (χ3v) is 6.72. The number of methoxy groups -OCH3 is 1. The Morgan fingerprint density at radius 3 is 2.57 bits per heavy atom. The van der Waals surface area contributed by atoms with E-state index in [0.717, 1.165) is 33.1 Å². The number of nitrogens with zero attached hydrogens (tertiary/aromatic N) is 2. The van der Waals surface area contributed by atoms with Crippen molar-refractivity contribution < 1.29 is 23.5 Å². The van der Waals surface area contributed by atoms with Crippen LogP contribution in [0.1, 0.15) is 33.0 Å². The Bertz CT molecular complexity index is 1480. The molecular weight excluding hydrogens is 464 g/mol. The lowest BCUT2D eigenvalue weighted by atomic mass is 10.1. The van der Waals surface area contributed by atoms with Gasteiger partial charge in [0.15, 0.2) is 0 Å². The molecule has 0 atom stereocenters. The normalized spacial score (nSPS) is 14.9. The van der Waals surface area contributed by atoms with Crippen molar-refractivity contribution in [1.29, 1.82) is 0 Å². The molecule has 35 heavy (non-hydrogen) atoms. The monoisotopic (exact) mass is 486 g/mol. The smallest absolute Gasteiger partial charge is 0.373 e. The minimum Gasteiger partial charge on any atom is -0.463 e. The number of fused-ring (bicyclic) bond motifs is 1. The molecule has 0 N–H and O–H groups in total. The Labute approximate surface area is 206 Å². The van der Waals surface area contributed by atoms with Crippen LogP contribution in [0.2, 0.25) is 0 Å². The van der Waals surface area contributed by atoms with E-state index < -0.39 is 11.9 Å². The predicted octanol–water partition coefficient (Wildman–Crippen LogP) is 5.61. The molecule has 0 aliphatic carbocycles. The average molecular weight is 487 g/mol. The summed E-state index contributed by atoms with van der Waals surface area (Å²) in [6, 6.07) is 19.4. The number of furan rings is 1. The van der Waals surface area contributed by atoms with E-state index >= 15 is 0 Å². The van der Waals surface area contributed by atoms with Crippen LogP contribution >= 0.6 is 11.8 Å². The molecule has 1 aliphatic rings. The average Bonchev–Trinajstić information content (AvgIpc) is 3.54. The first-order valence-electron chi connectivity index (χ1n) is 11.0. The van der Waals surface area contributed by atoms with E-state index in [9.17, 15) is 14.4 Å². The number of para-hydroxylation sites is 1. The van der Waals surface area contributed by atoms with Gasteiger partial charge >= 0.3 is 5.97 Å². The highest BCUT2D eigenvalue weighted by molar-refractivity contribution is 8.18. The zero-order valence-electron chi connectivity index (χ0n) is 19.2. The van der Waals surface area contributed by atoms with Crippen molar-refractivity contribution in [3.8, 4) is 0 Å². The number of benzene rings is 2. The van der Waals surface area contributed by atoms with Crippen LogP contribution in [0.25, 0.3) is 17.0 Å². The molecule has 0 unspecified atom stereocenters. The molecule has 1 aliphatic heterocycles. The van der Waals surface area contributed by atoms with Crippen LogP contribution in [0.4, 0.5) is 4.79 Å². The fourth-order valence-electron chi connectivity index (χ4n) is 4.02. The molecule has 8 heteroatoms. The van der Waals surface area contributed by atoms with Gasteiger partial charge in [-0.05, 0) is 48.5 Å². The molecule has 1 saturated heterocycles. The zero-order valence-corrected chi connectivity index (χ0v) is 20.0. The summed E-state index contributed by atoms with van der Waals surface area (Å²) in [5.41, 5.74) is 4.29. The summed E-state index contributed by atoms with van der Waals surface area (Å²) in [5.74, 6) is -0.672. The van der Waals surface area contributed by atoms with Crippen molar-refractivity contribution in [2.24, 2.45) is 0 Å². The fourth-order valence-corrected chi connectivity index (χ4v) is 4.85. The third kappa shape index (κ3) is 4.52. The van der Waals surface area contributed by atoms with Gasteiger partial charge in [-0.3, -0.25) is 14.5 Å². The Hall–Kier alpha value is -4.04. The van der Waals surface area contributed by atoms with Crippen molar-refractivity contribution >= 4 is 45.9 Å². The minimum absolute atomic E-state index is 0.0198. The number of rotatable bonds is 6. The van der Waals surface area contributed by atoms with Crippen LogP contribution in [0, 0.1) is 6.92 Å². The summed E-state index contributed by atoms with van der Waals surface area (Å²) in [7, 11) is 1.25. The van der Waals surface area contributed by atoms with E-state index in [4.69, 9.17) is 4.42 Å². The van der Waals surface area contributed by atoms with Gasteiger partial charge in [-0.15, -0.1) is 0 Å². The second-order valence-electron chi connectivity index (χ2n) is 8.24. The number of hydrogen-bond acceptors (Lipinski definition) is 6. The standard InChI is InChI=1S/C27H22N2O5S/c1-17-7-9-18(10-8-17)14-28-15-19(21-5-3-4-6-22(21)28)13-24-25(30)29(27(32)35-24)16-20-11-12-23(34-20)26(31)33-2/h3-13,15H,14,16H2,1-2H3/b24-13+. The molecule has 2 aromatic carbocycles. The van der Waals surface area contributed by atoms with Crippen LogP contribution in [0.3, 0.4) is 0 Å². The Morgan fingerprint density at radius 2 is 1.80 bits per heavy atom. The van der Waals surface area contributed by atoms with E-state index in [0.29, 0.717) is 17.2 Å². The lowest BCUT2D eigenvalue weighted by Gasteiger charge is -2.09. The van der Waals surface area contributed by atoms with Gasteiger partial charge in [0.2, 0.25) is 5.76 Å². The van der Waals surface area contributed by atoms with Crippen molar-refractivity contribution in [3.63, 3.8) is 0 Å². The Balaban J connectivity index is 1.41. The van der Waals surface area contributed by atoms with E-state index in [1.165, 1.54) is 24.3 Å². The predicted molar refractivity (Wildman–Crippen MR) is 134 cm³/mol. The molecule has 5 rings (SSSR count). The lowest BCUT2D eigenvalue weighted by Crippen LogP contribution is -2.27. The van der Waals surface area contributed by atoms with Gasteiger partial charge in [-0.25, -0.2) is 4.79 Å². The van der Waals surface area contributed by atoms with Gasteiger partial charge in [-0.2, -0.15) is 0 Å². The first-order chi connectivity index (χ1) is 16.9. The van der Waals surface area contributed by atoms with Crippen LogP contribution in [0.5, 0.6) is 0 Å². The molecule has 2 aromatic heterocycles. The van der Waals surface area contributed by atoms with Crippen molar-refractivity contribution in [2.75, 3.05) is 7.11 Å². The quantitative estimate of drug-likeness (QED) is 0.260. The molecule has 3 heterocycles. The molecule has 0 radical (unpaired) electrons. The number of amides is 2. The third-order valence-electron chi connectivity index (χ3n) is 5.82. The largest absolute Gasteiger partial charge is 0.463 e. The highest BCUT2D eigenvalue weighted by Crippen LogP contribution is 2.35. The summed E-state index contributed by atoms with van der Waals surface area (Å²) in [5, 5.41) is 0.612. The summed E-state index contributed by atoms with van der Waals surface area (Å²) in [6.07, 6.45) is 3.77. The maximum Gasteiger partial charge on any atom is 0.373 e. The molecule has 0 spiro atoms. The van der Waals surface area contributed by atoms with E-state index in [2.05, 4.69) is 40.5 Å². The van der Waals surface area contributed by atoms with Crippen LogP contribution < -0.4 is 0 Å². The summed E-state index contributed by atoms with van der Waals surface area (Å²) < 4.78 is 12.2. The van der Waals surface area contributed by atoms with Gasteiger partial charge < -0.3 is 13.7 Å². The van der Waals surface area contributed by atoms with Crippen LogP contribution in [-0.2, 0) is 22.6 Å².